The van der Waals surface area contributed by atoms with Gasteiger partial charge in [0, 0.05) is 12.1 Å². The van der Waals surface area contributed by atoms with Gasteiger partial charge in [-0.3, -0.25) is 9.59 Å². The van der Waals surface area contributed by atoms with Crippen molar-refractivity contribution in [3.63, 3.8) is 0 Å². The Hall–Kier alpha value is -3.41. The van der Waals surface area contributed by atoms with Crippen molar-refractivity contribution < 1.29 is 18.4 Å². The van der Waals surface area contributed by atoms with E-state index in [1.165, 1.54) is 12.1 Å². The predicted octanol–water partition coefficient (Wildman–Crippen LogP) is 3.82. The van der Waals surface area contributed by atoms with Crippen LogP contribution >= 0.6 is 0 Å². The van der Waals surface area contributed by atoms with Crippen molar-refractivity contribution in [2.24, 2.45) is 0 Å². The second kappa shape index (κ2) is 7.68. The van der Waals surface area contributed by atoms with E-state index in [1.54, 1.807) is 41.5 Å². The number of halogens is 1. The summed E-state index contributed by atoms with van der Waals surface area (Å²) < 4.78 is 18.6. The summed E-state index contributed by atoms with van der Waals surface area (Å²) in [4.78, 5) is 27.1. The zero-order valence-corrected chi connectivity index (χ0v) is 15.1. The van der Waals surface area contributed by atoms with E-state index in [-0.39, 0.29) is 30.6 Å². The van der Waals surface area contributed by atoms with Crippen molar-refractivity contribution in [3.05, 3.63) is 95.2 Å². The Balaban J connectivity index is 1.55. The highest BCUT2D eigenvalue weighted by atomic mass is 19.1. The van der Waals surface area contributed by atoms with E-state index >= 15 is 0 Å². The SMILES string of the molecule is O=C(C[C@@H](c1ccc(F)cc1)N1Cc2ccccc2C1=O)NCc1ccco1. The van der Waals surface area contributed by atoms with Crippen molar-refractivity contribution in [3.8, 4) is 0 Å². The van der Waals surface area contributed by atoms with Gasteiger partial charge in [-0.05, 0) is 41.5 Å². The normalized spacial score (nSPS) is 14.0. The molecule has 1 atom stereocenters. The van der Waals surface area contributed by atoms with Gasteiger partial charge in [0.2, 0.25) is 5.91 Å². The molecule has 0 saturated carbocycles. The van der Waals surface area contributed by atoms with Gasteiger partial charge in [0.05, 0.1) is 25.3 Å². The van der Waals surface area contributed by atoms with E-state index in [1.807, 2.05) is 18.2 Å². The Labute approximate surface area is 161 Å². The first-order valence-electron chi connectivity index (χ1n) is 9.05. The minimum Gasteiger partial charge on any atom is -0.467 e. The number of rotatable bonds is 6. The maximum Gasteiger partial charge on any atom is 0.255 e. The Kier molecular flexibility index (Phi) is 4.93. The Morgan fingerprint density at radius 3 is 2.61 bits per heavy atom. The largest absolute Gasteiger partial charge is 0.467 e. The molecule has 142 valence electrons. The van der Waals surface area contributed by atoms with Crippen molar-refractivity contribution >= 4 is 11.8 Å². The van der Waals surface area contributed by atoms with Crippen LogP contribution in [-0.4, -0.2) is 16.7 Å². The molecular weight excluding hydrogens is 359 g/mol. The van der Waals surface area contributed by atoms with Crippen molar-refractivity contribution in [2.75, 3.05) is 0 Å². The van der Waals surface area contributed by atoms with Crippen LogP contribution in [0.1, 0.15) is 39.7 Å². The molecule has 2 heterocycles. The molecule has 1 aliphatic heterocycles. The first kappa shape index (κ1) is 18.0. The summed E-state index contributed by atoms with van der Waals surface area (Å²) in [5.41, 5.74) is 2.29. The molecule has 0 fully saturated rings. The van der Waals surface area contributed by atoms with Crippen LogP contribution in [0.3, 0.4) is 0 Å². The van der Waals surface area contributed by atoms with Crippen LogP contribution in [0.5, 0.6) is 0 Å². The van der Waals surface area contributed by atoms with E-state index in [2.05, 4.69) is 5.32 Å². The third kappa shape index (κ3) is 3.67. The molecule has 3 aromatic rings. The number of carbonyl (C=O) groups excluding carboxylic acids is 2. The average Bonchev–Trinajstić information content (AvgIpc) is 3.34. The first-order chi connectivity index (χ1) is 13.6. The van der Waals surface area contributed by atoms with Crippen LogP contribution in [0.2, 0.25) is 0 Å². The zero-order valence-electron chi connectivity index (χ0n) is 15.1. The molecule has 2 aromatic carbocycles. The topological polar surface area (TPSA) is 62.6 Å². The van der Waals surface area contributed by atoms with Crippen LogP contribution < -0.4 is 5.32 Å². The summed E-state index contributed by atoms with van der Waals surface area (Å²) >= 11 is 0. The lowest BCUT2D eigenvalue weighted by molar-refractivity contribution is -0.122. The van der Waals surface area contributed by atoms with Gasteiger partial charge in [-0.25, -0.2) is 4.39 Å². The number of hydrogen-bond donors (Lipinski definition) is 1. The summed E-state index contributed by atoms with van der Waals surface area (Å²) in [5.74, 6) is -0.0459. The highest BCUT2D eigenvalue weighted by Crippen LogP contribution is 2.33. The fourth-order valence-electron chi connectivity index (χ4n) is 3.47. The Morgan fingerprint density at radius 2 is 1.89 bits per heavy atom. The molecule has 2 amide bonds. The number of nitrogens with one attached hydrogen (secondary N) is 1. The summed E-state index contributed by atoms with van der Waals surface area (Å²) in [6, 6.07) is 16.4. The molecule has 5 nitrogen and oxygen atoms in total. The second-order valence-corrected chi connectivity index (χ2v) is 6.72. The first-order valence-corrected chi connectivity index (χ1v) is 9.05. The van der Waals surface area contributed by atoms with Crippen molar-refractivity contribution in [1.82, 2.24) is 10.2 Å². The highest BCUT2D eigenvalue weighted by molar-refractivity contribution is 5.98. The van der Waals surface area contributed by atoms with Crippen molar-refractivity contribution in [2.45, 2.75) is 25.6 Å². The van der Waals surface area contributed by atoms with Crippen LogP contribution in [-0.2, 0) is 17.9 Å². The number of amides is 2. The number of nitrogens with zero attached hydrogens (tertiary/aromatic N) is 1. The van der Waals surface area contributed by atoms with Crippen molar-refractivity contribution in [1.29, 1.82) is 0 Å². The molecule has 6 heteroatoms. The van der Waals surface area contributed by atoms with Crippen LogP contribution in [0.15, 0.2) is 71.3 Å². The molecule has 1 N–H and O–H groups in total. The van der Waals surface area contributed by atoms with E-state index in [0.717, 1.165) is 11.1 Å². The van der Waals surface area contributed by atoms with E-state index in [0.29, 0.717) is 17.9 Å². The van der Waals surface area contributed by atoms with Gasteiger partial charge in [-0.2, -0.15) is 0 Å². The number of hydrogen-bond acceptors (Lipinski definition) is 3. The van der Waals surface area contributed by atoms with Gasteiger partial charge in [-0.15, -0.1) is 0 Å². The molecule has 0 saturated heterocycles. The maximum absolute atomic E-state index is 13.4. The molecule has 0 spiro atoms. The molecule has 0 unspecified atom stereocenters. The molecule has 28 heavy (non-hydrogen) atoms. The van der Waals surface area contributed by atoms with Gasteiger partial charge >= 0.3 is 0 Å². The summed E-state index contributed by atoms with van der Waals surface area (Å²) in [6.45, 7) is 0.693. The van der Waals surface area contributed by atoms with Gasteiger partial charge < -0.3 is 14.6 Å². The molecule has 0 bridgehead atoms. The summed E-state index contributed by atoms with van der Waals surface area (Å²) in [6.07, 6.45) is 1.62. The maximum atomic E-state index is 13.4. The lowest BCUT2D eigenvalue weighted by atomic mass is 10.0. The van der Waals surface area contributed by atoms with Gasteiger partial charge in [0.15, 0.2) is 0 Å². The lowest BCUT2D eigenvalue weighted by Gasteiger charge is -2.28. The number of fused-ring (bicyclic) bond motifs is 1. The Bertz CT molecular complexity index is 983. The van der Waals surface area contributed by atoms with Crippen LogP contribution in [0, 0.1) is 5.82 Å². The molecule has 1 aromatic heterocycles. The quantitative estimate of drug-likeness (QED) is 0.709. The van der Waals surface area contributed by atoms with Crippen LogP contribution in [0.25, 0.3) is 0 Å². The molecule has 1 aliphatic rings. The molecule has 4 rings (SSSR count). The van der Waals surface area contributed by atoms with E-state index in [4.69, 9.17) is 4.42 Å². The standard InChI is InChI=1S/C22H19FN2O3/c23-17-9-7-15(8-10-17)20(12-21(26)24-13-18-5-3-11-28-18)25-14-16-4-1-2-6-19(16)22(25)27/h1-11,20H,12-14H2,(H,24,26)/t20-/m0/s1. The summed E-state index contributed by atoms with van der Waals surface area (Å²) in [5, 5.41) is 2.81. The lowest BCUT2D eigenvalue weighted by Crippen LogP contribution is -2.34. The van der Waals surface area contributed by atoms with Gasteiger partial charge in [-0.1, -0.05) is 30.3 Å². The second-order valence-electron chi connectivity index (χ2n) is 6.72. The number of carbonyl (C=O) groups is 2. The van der Waals surface area contributed by atoms with E-state index in [9.17, 15) is 14.0 Å². The minimum absolute atomic E-state index is 0.0755. The number of furan rings is 1. The smallest absolute Gasteiger partial charge is 0.255 e. The molecule has 0 aliphatic carbocycles. The fraction of sp³-hybridized carbons (Fsp3) is 0.182. The van der Waals surface area contributed by atoms with Crippen LogP contribution in [0.4, 0.5) is 4.39 Å². The predicted molar refractivity (Wildman–Crippen MR) is 101 cm³/mol. The minimum atomic E-state index is -0.489. The van der Waals surface area contributed by atoms with Gasteiger partial charge in [0.25, 0.3) is 5.91 Å². The third-order valence-electron chi connectivity index (χ3n) is 4.90. The number of benzene rings is 2. The zero-order chi connectivity index (χ0) is 19.5. The highest BCUT2D eigenvalue weighted by Gasteiger charge is 2.34. The molecular formula is C22H19FN2O3. The summed E-state index contributed by atoms with van der Waals surface area (Å²) in [7, 11) is 0. The van der Waals surface area contributed by atoms with Gasteiger partial charge in [0.1, 0.15) is 11.6 Å². The molecule has 0 radical (unpaired) electrons. The third-order valence-corrected chi connectivity index (χ3v) is 4.90. The average molecular weight is 378 g/mol. The Morgan fingerprint density at radius 1 is 1.11 bits per heavy atom. The monoisotopic (exact) mass is 378 g/mol. The fourth-order valence-corrected chi connectivity index (χ4v) is 3.47. The van der Waals surface area contributed by atoms with E-state index < -0.39 is 6.04 Å².